The molecule has 0 aliphatic carbocycles. The summed E-state index contributed by atoms with van der Waals surface area (Å²) in [6.45, 7) is 2.93. The highest BCUT2D eigenvalue weighted by Crippen LogP contribution is 2.28. The van der Waals surface area contributed by atoms with Crippen molar-refractivity contribution < 1.29 is 9.18 Å². The summed E-state index contributed by atoms with van der Waals surface area (Å²) < 4.78 is 13.6. The maximum Gasteiger partial charge on any atom is 0.219 e. The number of likely N-dealkylation sites (tertiary alicyclic amines) is 1. The van der Waals surface area contributed by atoms with Crippen molar-refractivity contribution in [3.63, 3.8) is 0 Å². The van der Waals surface area contributed by atoms with Crippen LogP contribution in [0.15, 0.2) is 54.9 Å². The fourth-order valence-corrected chi connectivity index (χ4v) is 3.55. The smallest absolute Gasteiger partial charge is 0.219 e. The summed E-state index contributed by atoms with van der Waals surface area (Å²) in [5.74, 6) is 1.57. The molecular formula is C22H23FN6O. The molecular weight excluding hydrogens is 383 g/mol. The molecule has 8 heteroatoms. The number of rotatable bonds is 5. The molecule has 1 aliphatic rings. The van der Waals surface area contributed by atoms with Crippen molar-refractivity contribution in [2.75, 3.05) is 23.7 Å². The molecule has 1 fully saturated rings. The van der Waals surface area contributed by atoms with Gasteiger partial charge in [0.1, 0.15) is 23.3 Å². The molecule has 7 nitrogen and oxygen atoms in total. The second kappa shape index (κ2) is 8.86. The molecule has 154 valence electrons. The monoisotopic (exact) mass is 406 g/mol. The van der Waals surface area contributed by atoms with E-state index < -0.39 is 0 Å². The average Bonchev–Trinajstić information content (AvgIpc) is 2.74. The van der Waals surface area contributed by atoms with Gasteiger partial charge in [0.15, 0.2) is 0 Å². The number of benzene rings is 1. The molecule has 2 N–H and O–H groups in total. The predicted molar refractivity (Wildman–Crippen MR) is 113 cm³/mol. The molecule has 0 saturated carbocycles. The highest BCUT2D eigenvalue weighted by atomic mass is 19.1. The maximum atomic E-state index is 13.6. The molecule has 4 rings (SSSR count). The Hall–Kier alpha value is -3.55. The summed E-state index contributed by atoms with van der Waals surface area (Å²) in [5, 5.41) is 6.40. The Balaban J connectivity index is 1.65. The van der Waals surface area contributed by atoms with Crippen LogP contribution < -0.4 is 10.6 Å². The zero-order chi connectivity index (χ0) is 20.9. The minimum atomic E-state index is -0.327. The van der Waals surface area contributed by atoms with E-state index in [-0.39, 0.29) is 17.6 Å². The van der Waals surface area contributed by atoms with E-state index in [2.05, 4.69) is 20.6 Å². The largest absolute Gasteiger partial charge is 0.342 e. The van der Waals surface area contributed by atoms with Crippen LogP contribution in [0.5, 0.6) is 0 Å². The van der Waals surface area contributed by atoms with Crippen LogP contribution in [-0.4, -0.2) is 38.8 Å². The molecule has 0 bridgehead atoms. The van der Waals surface area contributed by atoms with Gasteiger partial charge in [0.05, 0.1) is 11.9 Å². The maximum absolute atomic E-state index is 13.6. The van der Waals surface area contributed by atoms with E-state index in [0.29, 0.717) is 29.7 Å². The van der Waals surface area contributed by atoms with Crippen LogP contribution in [-0.2, 0) is 4.79 Å². The van der Waals surface area contributed by atoms with Crippen molar-refractivity contribution in [2.24, 2.45) is 0 Å². The van der Waals surface area contributed by atoms with Gasteiger partial charge in [-0.3, -0.25) is 9.78 Å². The molecule has 0 radical (unpaired) electrons. The predicted octanol–water partition coefficient (Wildman–Crippen LogP) is 4.22. The van der Waals surface area contributed by atoms with Gasteiger partial charge in [0, 0.05) is 43.9 Å². The number of anilines is 4. The van der Waals surface area contributed by atoms with Gasteiger partial charge >= 0.3 is 0 Å². The third-order valence-corrected chi connectivity index (χ3v) is 5.01. The first-order valence-electron chi connectivity index (χ1n) is 9.91. The third kappa shape index (κ3) is 4.89. The van der Waals surface area contributed by atoms with Crippen molar-refractivity contribution in [1.29, 1.82) is 0 Å². The fourth-order valence-electron chi connectivity index (χ4n) is 3.55. The van der Waals surface area contributed by atoms with Crippen LogP contribution in [0, 0.1) is 5.82 Å². The van der Waals surface area contributed by atoms with Gasteiger partial charge in [0.2, 0.25) is 5.91 Å². The number of piperidine rings is 1. The molecule has 1 amide bonds. The van der Waals surface area contributed by atoms with Crippen molar-refractivity contribution in [3.8, 4) is 0 Å². The van der Waals surface area contributed by atoms with E-state index in [1.54, 1.807) is 37.5 Å². The SMILES string of the molecule is CC(=O)N1CCCC(c2nc(Nc3cccnc3)cc(Nc3cccc(F)c3)n2)C1. The summed E-state index contributed by atoms with van der Waals surface area (Å²) in [4.78, 5) is 27.2. The minimum absolute atomic E-state index is 0.0337. The molecule has 3 heterocycles. The highest BCUT2D eigenvalue weighted by molar-refractivity contribution is 5.73. The Morgan fingerprint density at radius 1 is 1.10 bits per heavy atom. The van der Waals surface area contributed by atoms with Crippen LogP contribution in [0.1, 0.15) is 31.5 Å². The lowest BCUT2D eigenvalue weighted by Gasteiger charge is -2.31. The Morgan fingerprint density at radius 3 is 2.57 bits per heavy atom. The lowest BCUT2D eigenvalue weighted by molar-refractivity contribution is -0.130. The number of carbonyl (C=O) groups excluding carboxylic acids is 1. The molecule has 30 heavy (non-hydrogen) atoms. The average molecular weight is 406 g/mol. The number of hydrogen-bond acceptors (Lipinski definition) is 6. The number of amides is 1. The summed E-state index contributed by atoms with van der Waals surface area (Å²) in [5.41, 5.74) is 1.40. The van der Waals surface area contributed by atoms with Crippen LogP contribution >= 0.6 is 0 Å². The molecule has 1 aliphatic heterocycles. The van der Waals surface area contributed by atoms with E-state index in [9.17, 15) is 9.18 Å². The Labute approximate surface area is 174 Å². The number of pyridine rings is 1. The first-order valence-corrected chi connectivity index (χ1v) is 9.91. The Morgan fingerprint density at radius 2 is 1.87 bits per heavy atom. The molecule has 1 aromatic carbocycles. The molecule has 1 atom stereocenters. The Bertz CT molecular complexity index is 1030. The van der Waals surface area contributed by atoms with E-state index in [1.807, 2.05) is 17.0 Å². The summed E-state index contributed by atoms with van der Waals surface area (Å²) in [6, 6.07) is 11.7. The summed E-state index contributed by atoms with van der Waals surface area (Å²) in [6.07, 6.45) is 5.21. The van der Waals surface area contributed by atoms with E-state index in [1.165, 1.54) is 12.1 Å². The minimum Gasteiger partial charge on any atom is -0.342 e. The fraction of sp³-hybridized carbons (Fsp3) is 0.273. The van der Waals surface area contributed by atoms with Crippen LogP contribution in [0.25, 0.3) is 0 Å². The Kier molecular flexibility index (Phi) is 5.83. The lowest BCUT2D eigenvalue weighted by atomic mass is 9.97. The normalized spacial score (nSPS) is 16.2. The van der Waals surface area contributed by atoms with Crippen molar-refractivity contribution in [2.45, 2.75) is 25.7 Å². The van der Waals surface area contributed by atoms with Gasteiger partial charge in [-0.05, 0) is 43.2 Å². The second-order valence-electron chi connectivity index (χ2n) is 7.30. The van der Waals surface area contributed by atoms with Gasteiger partial charge in [-0.1, -0.05) is 6.07 Å². The quantitative estimate of drug-likeness (QED) is 0.660. The van der Waals surface area contributed by atoms with E-state index in [4.69, 9.17) is 4.98 Å². The first-order chi connectivity index (χ1) is 14.6. The van der Waals surface area contributed by atoms with Crippen molar-refractivity contribution in [1.82, 2.24) is 19.9 Å². The van der Waals surface area contributed by atoms with Gasteiger partial charge in [-0.25, -0.2) is 14.4 Å². The first kappa shape index (κ1) is 19.8. The zero-order valence-electron chi connectivity index (χ0n) is 16.7. The second-order valence-corrected chi connectivity index (χ2v) is 7.30. The van der Waals surface area contributed by atoms with Crippen LogP contribution in [0.4, 0.5) is 27.4 Å². The molecule has 1 saturated heterocycles. The number of halogens is 1. The number of aromatic nitrogens is 3. The van der Waals surface area contributed by atoms with Crippen molar-refractivity contribution in [3.05, 3.63) is 66.5 Å². The third-order valence-electron chi connectivity index (χ3n) is 5.01. The van der Waals surface area contributed by atoms with Gasteiger partial charge < -0.3 is 15.5 Å². The number of nitrogens with zero attached hydrogens (tertiary/aromatic N) is 4. The molecule has 3 aromatic rings. The molecule has 2 aromatic heterocycles. The molecule has 1 unspecified atom stereocenters. The van der Waals surface area contributed by atoms with Gasteiger partial charge in [-0.15, -0.1) is 0 Å². The number of carbonyl (C=O) groups is 1. The zero-order valence-corrected chi connectivity index (χ0v) is 16.7. The number of hydrogen-bond donors (Lipinski definition) is 2. The number of nitrogens with one attached hydrogen (secondary N) is 2. The standard InChI is InChI=1S/C22H23FN6O/c1-15(30)29-10-4-5-16(14-29)22-27-20(25-18-7-2-6-17(23)11-18)12-21(28-22)26-19-8-3-9-24-13-19/h2-3,6-9,11-13,16H,4-5,10,14H2,1H3,(H2,25,26,27,28). The molecule has 0 spiro atoms. The van der Waals surface area contributed by atoms with Gasteiger partial charge in [-0.2, -0.15) is 0 Å². The van der Waals surface area contributed by atoms with Crippen LogP contribution in [0.3, 0.4) is 0 Å². The topological polar surface area (TPSA) is 83.0 Å². The van der Waals surface area contributed by atoms with Crippen LogP contribution in [0.2, 0.25) is 0 Å². The summed E-state index contributed by atoms with van der Waals surface area (Å²) in [7, 11) is 0. The van der Waals surface area contributed by atoms with Crippen molar-refractivity contribution >= 4 is 28.9 Å². The lowest BCUT2D eigenvalue weighted by Crippen LogP contribution is -2.38. The summed E-state index contributed by atoms with van der Waals surface area (Å²) >= 11 is 0. The highest BCUT2D eigenvalue weighted by Gasteiger charge is 2.25. The van der Waals surface area contributed by atoms with Gasteiger partial charge in [0.25, 0.3) is 0 Å². The van der Waals surface area contributed by atoms with E-state index in [0.717, 1.165) is 25.1 Å². The van der Waals surface area contributed by atoms with E-state index >= 15 is 0 Å².